The Hall–Kier alpha value is -1.77. The third-order valence-electron chi connectivity index (χ3n) is 3.08. The highest BCUT2D eigenvalue weighted by molar-refractivity contribution is 7.99. The molecule has 0 heterocycles. The minimum Gasteiger partial charge on any atom is -0.379 e. The van der Waals surface area contributed by atoms with Crippen LogP contribution < -0.4 is 5.32 Å². The summed E-state index contributed by atoms with van der Waals surface area (Å²) in [5.74, 6) is 0.655. The Morgan fingerprint density at radius 3 is 2.46 bits per heavy atom. The summed E-state index contributed by atoms with van der Waals surface area (Å²) in [5.41, 5.74) is -0.226. The lowest BCUT2D eigenvalue weighted by atomic mass is 10.2. The first kappa shape index (κ1) is 18.6. The van der Waals surface area contributed by atoms with Gasteiger partial charge in [-0.25, -0.2) is 8.42 Å². The summed E-state index contributed by atoms with van der Waals surface area (Å²) >= 11 is 7.38. The molecular formula is C15H15ClN2O4S2. The summed E-state index contributed by atoms with van der Waals surface area (Å²) in [4.78, 5) is 11.3. The highest BCUT2D eigenvalue weighted by Gasteiger charge is 2.25. The first-order valence-corrected chi connectivity index (χ1v) is 10.1. The van der Waals surface area contributed by atoms with Crippen molar-refractivity contribution in [2.75, 3.05) is 23.9 Å². The molecule has 0 unspecified atom stereocenters. The van der Waals surface area contributed by atoms with E-state index in [1.807, 2.05) is 12.1 Å². The third-order valence-corrected chi connectivity index (χ3v) is 5.48. The highest BCUT2D eigenvalue weighted by atomic mass is 35.5. The van der Waals surface area contributed by atoms with Crippen LogP contribution in [0, 0.1) is 10.1 Å². The summed E-state index contributed by atoms with van der Waals surface area (Å²) in [6.07, 6.45) is 0.954. The van der Waals surface area contributed by atoms with Crippen LogP contribution in [0.1, 0.15) is 0 Å². The van der Waals surface area contributed by atoms with Crippen molar-refractivity contribution in [1.29, 1.82) is 0 Å². The van der Waals surface area contributed by atoms with E-state index in [1.165, 1.54) is 18.2 Å². The van der Waals surface area contributed by atoms with Crippen LogP contribution in [-0.4, -0.2) is 31.9 Å². The topological polar surface area (TPSA) is 89.3 Å². The Morgan fingerprint density at radius 1 is 1.21 bits per heavy atom. The number of nitro groups is 1. The van der Waals surface area contributed by atoms with Gasteiger partial charge in [0.2, 0.25) is 0 Å². The average molecular weight is 387 g/mol. The first-order chi connectivity index (χ1) is 11.3. The molecule has 2 aromatic rings. The molecule has 9 heteroatoms. The molecule has 24 heavy (non-hydrogen) atoms. The van der Waals surface area contributed by atoms with Crippen molar-refractivity contribution >= 4 is 44.6 Å². The SMILES string of the molecule is CS(=O)(=O)c1cccc(NCCSc2ccc(Cl)cc2)c1[N+](=O)[O-]. The summed E-state index contributed by atoms with van der Waals surface area (Å²) in [5, 5.41) is 14.9. The second kappa shape index (κ2) is 7.87. The molecule has 0 atom stereocenters. The van der Waals surface area contributed by atoms with E-state index in [9.17, 15) is 18.5 Å². The van der Waals surface area contributed by atoms with Gasteiger partial charge in [0.15, 0.2) is 9.84 Å². The lowest BCUT2D eigenvalue weighted by Gasteiger charge is -2.09. The molecule has 0 bridgehead atoms. The van der Waals surface area contributed by atoms with Gasteiger partial charge in [0.05, 0.1) is 4.92 Å². The Bertz CT molecular complexity index is 839. The van der Waals surface area contributed by atoms with E-state index in [2.05, 4.69) is 5.32 Å². The van der Waals surface area contributed by atoms with Gasteiger partial charge >= 0.3 is 5.69 Å². The lowest BCUT2D eigenvalue weighted by Crippen LogP contribution is -2.09. The van der Waals surface area contributed by atoms with Crippen LogP contribution in [0.15, 0.2) is 52.3 Å². The van der Waals surface area contributed by atoms with Crippen molar-refractivity contribution in [2.24, 2.45) is 0 Å². The summed E-state index contributed by atoms with van der Waals surface area (Å²) < 4.78 is 23.4. The van der Waals surface area contributed by atoms with Crippen LogP contribution in [0.25, 0.3) is 0 Å². The van der Waals surface area contributed by atoms with Gasteiger partial charge in [-0.05, 0) is 36.4 Å². The van der Waals surface area contributed by atoms with Crippen molar-refractivity contribution in [2.45, 2.75) is 9.79 Å². The zero-order valence-corrected chi connectivity index (χ0v) is 15.1. The van der Waals surface area contributed by atoms with Crippen molar-refractivity contribution in [3.63, 3.8) is 0 Å². The molecule has 0 saturated carbocycles. The van der Waals surface area contributed by atoms with Gasteiger partial charge < -0.3 is 5.32 Å². The predicted molar refractivity (Wildman–Crippen MR) is 96.9 cm³/mol. The molecule has 6 nitrogen and oxygen atoms in total. The largest absolute Gasteiger partial charge is 0.379 e. The van der Waals surface area contributed by atoms with E-state index < -0.39 is 20.4 Å². The standard InChI is InChI=1S/C15H15ClN2O4S2/c1-24(21,22)14-4-2-3-13(15(14)18(19)20)17-9-10-23-12-7-5-11(16)6-8-12/h2-8,17H,9-10H2,1H3. The number of sulfone groups is 1. The molecule has 0 fully saturated rings. The van der Waals surface area contributed by atoms with Gasteiger partial charge in [0.1, 0.15) is 10.6 Å². The van der Waals surface area contributed by atoms with Crippen molar-refractivity contribution in [1.82, 2.24) is 0 Å². The number of halogens is 1. The molecule has 0 aliphatic rings. The Balaban J connectivity index is 2.07. The summed E-state index contributed by atoms with van der Waals surface area (Å²) in [6, 6.07) is 11.6. The molecule has 0 aliphatic carbocycles. The number of nitrogens with one attached hydrogen (secondary N) is 1. The molecule has 2 aromatic carbocycles. The maximum atomic E-state index is 11.7. The minimum absolute atomic E-state index is 0.194. The summed E-state index contributed by atoms with van der Waals surface area (Å²) in [6.45, 7) is 0.446. The van der Waals surface area contributed by atoms with E-state index in [-0.39, 0.29) is 10.6 Å². The van der Waals surface area contributed by atoms with Gasteiger partial charge in [-0.1, -0.05) is 17.7 Å². The number of benzene rings is 2. The normalized spacial score (nSPS) is 11.2. The number of nitrogens with zero attached hydrogens (tertiary/aromatic N) is 1. The van der Waals surface area contributed by atoms with Gasteiger partial charge in [0, 0.05) is 28.5 Å². The predicted octanol–water partition coefficient (Wildman–Crippen LogP) is 3.86. The van der Waals surface area contributed by atoms with Crippen molar-refractivity contribution < 1.29 is 13.3 Å². The zero-order chi connectivity index (χ0) is 17.7. The number of hydrogen-bond donors (Lipinski definition) is 1. The van der Waals surface area contributed by atoms with Gasteiger partial charge in [-0.3, -0.25) is 10.1 Å². The monoisotopic (exact) mass is 386 g/mol. The molecule has 0 aromatic heterocycles. The number of para-hydroxylation sites is 1. The van der Waals surface area contributed by atoms with Gasteiger partial charge in [0.25, 0.3) is 0 Å². The number of nitro benzene ring substituents is 1. The van der Waals surface area contributed by atoms with E-state index in [1.54, 1.807) is 23.9 Å². The average Bonchev–Trinajstić information content (AvgIpc) is 2.52. The van der Waals surface area contributed by atoms with E-state index >= 15 is 0 Å². The fourth-order valence-electron chi connectivity index (χ4n) is 2.04. The van der Waals surface area contributed by atoms with E-state index in [4.69, 9.17) is 11.6 Å². The second-order valence-electron chi connectivity index (χ2n) is 4.91. The fraction of sp³-hybridized carbons (Fsp3) is 0.200. The molecule has 0 spiro atoms. The minimum atomic E-state index is -3.68. The Labute approximate surface area is 149 Å². The van der Waals surface area contributed by atoms with Crippen LogP contribution in [0.2, 0.25) is 5.02 Å². The van der Waals surface area contributed by atoms with Crippen LogP contribution >= 0.6 is 23.4 Å². The van der Waals surface area contributed by atoms with Crippen molar-refractivity contribution in [3.05, 3.63) is 57.6 Å². The summed E-state index contributed by atoms with van der Waals surface area (Å²) in [7, 11) is -3.68. The van der Waals surface area contributed by atoms with E-state index in [0.29, 0.717) is 17.3 Å². The molecule has 128 valence electrons. The molecule has 0 saturated heterocycles. The molecule has 0 amide bonds. The Morgan fingerprint density at radius 2 is 1.88 bits per heavy atom. The Kier molecular flexibility index (Phi) is 6.09. The number of thioether (sulfide) groups is 1. The van der Waals surface area contributed by atoms with Crippen LogP contribution in [0.5, 0.6) is 0 Å². The maximum Gasteiger partial charge on any atom is 0.310 e. The van der Waals surface area contributed by atoms with Crippen LogP contribution in [0.4, 0.5) is 11.4 Å². The highest BCUT2D eigenvalue weighted by Crippen LogP contribution is 2.32. The quantitative estimate of drug-likeness (QED) is 0.336. The van der Waals surface area contributed by atoms with Crippen LogP contribution in [-0.2, 0) is 9.84 Å². The number of anilines is 1. The maximum absolute atomic E-state index is 11.7. The van der Waals surface area contributed by atoms with Crippen LogP contribution in [0.3, 0.4) is 0 Å². The van der Waals surface area contributed by atoms with E-state index in [0.717, 1.165) is 11.2 Å². The number of hydrogen-bond acceptors (Lipinski definition) is 6. The molecular weight excluding hydrogens is 372 g/mol. The van der Waals surface area contributed by atoms with Gasteiger partial charge in [-0.2, -0.15) is 0 Å². The third kappa shape index (κ3) is 4.86. The smallest absolute Gasteiger partial charge is 0.310 e. The van der Waals surface area contributed by atoms with Crippen molar-refractivity contribution in [3.8, 4) is 0 Å². The first-order valence-electron chi connectivity index (χ1n) is 6.89. The fourth-order valence-corrected chi connectivity index (χ4v) is 3.79. The second-order valence-corrected chi connectivity index (χ2v) is 8.50. The van der Waals surface area contributed by atoms with Gasteiger partial charge in [-0.15, -0.1) is 11.8 Å². The lowest BCUT2D eigenvalue weighted by molar-refractivity contribution is -0.386. The number of rotatable bonds is 7. The molecule has 0 aliphatic heterocycles. The molecule has 0 radical (unpaired) electrons. The molecule has 2 rings (SSSR count). The zero-order valence-electron chi connectivity index (χ0n) is 12.7. The molecule has 1 N–H and O–H groups in total.